The average molecular weight is 318 g/mol. The van der Waals surface area contributed by atoms with E-state index in [1.54, 1.807) is 0 Å². The van der Waals surface area contributed by atoms with E-state index in [9.17, 15) is 4.79 Å². The van der Waals surface area contributed by atoms with E-state index in [0.29, 0.717) is 25.3 Å². The first-order valence-electron chi connectivity index (χ1n) is 7.62. The zero-order chi connectivity index (χ0) is 17.5. The van der Waals surface area contributed by atoms with Crippen molar-refractivity contribution in [1.29, 1.82) is 5.26 Å². The number of alkyl carbamates (subject to hydrolysis) is 1. The maximum Gasteiger partial charge on any atom is 0.407 e. The molecule has 1 heterocycles. The van der Waals surface area contributed by atoms with Gasteiger partial charge in [0, 0.05) is 32.4 Å². The third-order valence-electron chi connectivity index (χ3n) is 3.26. The molecule has 0 atom stereocenters. The molecule has 0 saturated heterocycles. The number of hydrogen-bond acceptors (Lipinski definition) is 4. The minimum atomic E-state index is -0.481. The molecular weight excluding hydrogens is 292 g/mol. The lowest BCUT2D eigenvalue weighted by Crippen LogP contribution is -2.32. The molecule has 0 aliphatic carbocycles. The molecule has 2 N–H and O–H groups in total. The Balaban J connectivity index is 2.25. The van der Waals surface area contributed by atoms with Crippen LogP contribution in [0, 0.1) is 18.3 Å². The second-order valence-electron chi connectivity index (χ2n) is 6.30. The van der Waals surface area contributed by atoms with Gasteiger partial charge in [-0.3, -0.25) is 0 Å². The molecule has 1 amide bonds. The van der Waals surface area contributed by atoms with Gasteiger partial charge in [0.2, 0.25) is 0 Å². The fourth-order valence-corrected chi connectivity index (χ4v) is 1.96. The van der Waals surface area contributed by atoms with Gasteiger partial charge in [-0.1, -0.05) is 12.2 Å². The summed E-state index contributed by atoms with van der Waals surface area (Å²) in [5.41, 5.74) is 2.39. The van der Waals surface area contributed by atoms with Gasteiger partial charge in [-0.25, -0.2) is 4.79 Å². The first kappa shape index (κ1) is 18.8. The third kappa shape index (κ3) is 6.57. The molecule has 1 aromatic rings. The molecule has 1 aromatic heterocycles. The van der Waals surface area contributed by atoms with E-state index in [4.69, 9.17) is 10.00 Å². The predicted molar refractivity (Wildman–Crippen MR) is 89.9 cm³/mol. The van der Waals surface area contributed by atoms with Crippen LogP contribution in [0.4, 0.5) is 4.79 Å². The molecule has 0 bridgehead atoms. The molecule has 0 unspecified atom stereocenters. The van der Waals surface area contributed by atoms with Gasteiger partial charge < -0.3 is 19.9 Å². The van der Waals surface area contributed by atoms with Gasteiger partial charge in [-0.2, -0.15) is 5.26 Å². The Hall–Kier alpha value is -2.26. The molecule has 0 aromatic carbocycles. The van der Waals surface area contributed by atoms with Gasteiger partial charge >= 0.3 is 6.09 Å². The number of carbonyl (C=O) groups excluding carboxylic acids is 1. The topological polar surface area (TPSA) is 79.1 Å². The van der Waals surface area contributed by atoms with Crippen molar-refractivity contribution < 1.29 is 9.53 Å². The molecule has 0 aliphatic heterocycles. The summed E-state index contributed by atoms with van der Waals surface area (Å²) in [5.74, 6) is 0. The molecule has 1 rings (SSSR count). The summed E-state index contributed by atoms with van der Waals surface area (Å²) < 4.78 is 7.02. The molecule has 0 radical (unpaired) electrons. The molecule has 6 nitrogen and oxygen atoms in total. The summed E-state index contributed by atoms with van der Waals surface area (Å²) in [6.45, 7) is 9.30. The summed E-state index contributed by atoms with van der Waals surface area (Å²) in [6, 6.07) is 4.07. The van der Waals surface area contributed by atoms with Crippen LogP contribution in [0.5, 0.6) is 0 Å². The minimum Gasteiger partial charge on any atom is -0.444 e. The Bertz CT molecular complexity index is 603. The number of hydrogen-bond donors (Lipinski definition) is 2. The van der Waals surface area contributed by atoms with Gasteiger partial charge in [0.1, 0.15) is 17.4 Å². The van der Waals surface area contributed by atoms with Crippen molar-refractivity contribution in [3.8, 4) is 6.07 Å². The zero-order valence-corrected chi connectivity index (χ0v) is 14.6. The number of aromatic nitrogens is 1. The van der Waals surface area contributed by atoms with Crippen LogP contribution < -0.4 is 10.6 Å². The number of rotatable bonds is 6. The standard InChI is InChI=1S/C17H26N4O2/c1-13-14(10-15(11-18)21(13)5)12-19-8-6-7-9-20-16(22)23-17(2,3)4/h6-7,10,19H,8-9,12H2,1-5H3,(H,20,22)/b7-6+. The first-order chi connectivity index (χ1) is 10.7. The van der Waals surface area contributed by atoms with Crippen LogP contribution in [0.15, 0.2) is 18.2 Å². The quantitative estimate of drug-likeness (QED) is 0.623. The van der Waals surface area contributed by atoms with Gasteiger partial charge in [-0.15, -0.1) is 0 Å². The summed E-state index contributed by atoms with van der Waals surface area (Å²) in [4.78, 5) is 11.4. The smallest absolute Gasteiger partial charge is 0.407 e. The normalized spacial score (nSPS) is 11.5. The largest absolute Gasteiger partial charge is 0.444 e. The zero-order valence-electron chi connectivity index (χ0n) is 14.6. The summed E-state index contributed by atoms with van der Waals surface area (Å²) in [7, 11) is 1.89. The molecular formula is C17H26N4O2. The van der Waals surface area contributed by atoms with E-state index < -0.39 is 11.7 Å². The van der Waals surface area contributed by atoms with Crippen molar-refractivity contribution in [2.45, 2.75) is 39.8 Å². The molecule has 0 saturated carbocycles. The van der Waals surface area contributed by atoms with E-state index in [2.05, 4.69) is 16.7 Å². The SMILES string of the molecule is Cc1c(CNC/C=C/CNC(=O)OC(C)(C)C)cc(C#N)n1C. The van der Waals surface area contributed by atoms with Crippen molar-refractivity contribution >= 4 is 6.09 Å². The van der Waals surface area contributed by atoms with E-state index in [1.807, 2.05) is 57.5 Å². The third-order valence-corrected chi connectivity index (χ3v) is 3.26. The molecule has 6 heteroatoms. The van der Waals surface area contributed by atoms with E-state index in [-0.39, 0.29) is 0 Å². The fourth-order valence-electron chi connectivity index (χ4n) is 1.96. The first-order valence-corrected chi connectivity index (χ1v) is 7.62. The predicted octanol–water partition coefficient (Wildman–Crippen LogP) is 2.38. The number of carbonyl (C=O) groups is 1. The highest BCUT2D eigenvalue weighted by molar-refractivity contribution is 5.67. The monoisotopic (exact) mass is 318 g/mol. The van der Waals surface area contributed by atoms with Gasteiger partial charge in [-0.05, 0) is 39.3 Å². The van der Waals surface area contributed by atoms with Gasteiger partial charge in [0.25, 0.3) is 0 Å². The molecule has 0 fully saturated rings. The summed E-state index contributed by atoms with van der Waals surface area (Å²) >= 11 is 0. The van der Waals surface area contributed by atoms with Crippen molar-refractivity contribution in [3.63, 3.8) is 0 Å². The van der Waals surface area contributed by atoms with Crippen LogP contribution in [0.1, 0.15) is 37.7 Å². The fraction of sp³-hybridized carbons (Fsp3) is 0.529. The Labute approximate surface area is 138 Å². The van der Waals surface area contributed by atoms with E-state index in [0.717, 1.165) is 11.3 Å². The van der Waals surface area contributed by atoms with Crippen LogP contribution in [0.2, 0.25) is 0 Å². The van der Waals surface area contributed by atoms with Crippen LogP contribution in [-0.2, 0) is 18.3 Å². The number of nitrogens with zero attached hydrogens (tertiary/aromatic N) is 2. The lowest BCUT2D eigenvalue weighted by Gasteiger charge is -2.19. The second kappa shape index (κ2) is 8.39. The lowest BCUT2D eigenvalue weighted by molar-refractivity contribution is 0.0534. The number of ether oxygens (including phenoxy) is 1. The lowest BCUT2D eigenvalue weighted by atomic mass is 10.2. The molecule has 23 heavy (non-hydrogen) atoms. The Kier molecular flexibility index (Phi) is 6.86. The highest BCUT2D eigenvalue weighted by Crippen LogP contribution is 2.12. The van der Waals surface area contributed by atoms with Crippen molar-refractivity contribution in [3.05, 3.63) is 35.2 Å². The molecule has 0 spiro atoms. The van der Waals surface area contributed by atoms with Crippen LogP contribution in [-0.4, -0.2) is 29.4 Å². The highest BCUT2D eigenvalue weighted by Gasteiger charge is 2.14. The van der Waals surface area contributed by atoms with Gasteiger partial charge in [0.05, 0.1) is 0 Å². The maximum absolute atomic E-state index is 11.4. The van der Waals surface area contributed by atoms with Crippen LogP contribution >= 0.6 is 0 Å². The summed E-state index contributed by atoms with van der Waals surface area (Å²) in [5, 5.41) is 14.9. The van der Waals surface area contributed by atoms with Crippen molar-refractivity contribution in [1.82, 2.24) is 15.2 Å². The van der Waals surface area contributed by atoms with Gasteiger partial charge in [0.15, 0.2) is 0 Å². The summed E-state index contributed by atoms with van der Waals surface area (Å²) in [6.07, 6.45) is 3.40. The van der Waals surface area contributed by atoms with Crippen LogP contribution in [0.3, 0.4) is 0 Å². The van der Waals surface area contributed by atoms with Crippen LogP contribution in [0.25, 0.3) is 0 Å². The van der Waals surface area contributed by atoms with E-state index in [1.165, 1.54) is 0 Å². The Morgan fingerprint density at radius 1 is 1.39 bits per heavy atom. The molecule has 0 aliphatic rings. The Morgan fingerprint density at radius 2 is 2.04 bits per heavy atom. The average Bonchev–Trinajstić information content (AvgIpc) is 2.72. The second-order valence-corrected chi connectivity index (χ2v) is 6.30. The minimum absolute atomic E-state index is 0.418. The van der Waals surface area contributed by atoms with Crippen molar-refractivity contribution in [2.75, 3.05) is 13.1 Å². The van der Waals surface area contributed by atoms with Crippen molar-refractivity contribution in [2.24, 2.45) is 7.05 Å². The molecule has 126 valence electrons. The maximum atomic E-state index is 11.4. The number of nitrogens with one attached hydrogen (secondary N) is 2. The highest BCUT2D eigenvalue weighted by atomic mass is 16.6. The number of amides is 1. The Morgan fingerprint density at radius 3 is 2.61 bits per heavy atom. The van der Waals surface area contributed by atoms with E-state index >= 15 is 0 Å². The number of nitriles is 1.